The first-order chi connectivity index (χ1) is 14.6. The molecule has 1 rings (SSSR count). The summed E-state index contributed by atoms with van der Waals surface area (Å²) in [6.45, 7) is 5.77. The lowest BCUT2D eigenvalue weighted by Gasteiger charge is -2.14. The number of carbonyl (C=O) groups excluding carboxylic acids is 2. The molecule has 9 heteroatoms. The second kappa shape index (κ2) is 16.6. The molecule has 0 fully saturated rings. The Hall–Kier alpha value is -2.20. The number of hydrogen-bond donors (Lipinski definition) is 4. The highest BCUT2D eigenvalue weighted by Crippen LogP contribution is 2.09. The van der Waals surface area contributed by atoms with Crippen molar-refractivity contribution in [2.45, 2.75) is 25.8 Å². The van der Waals surface area contributed by atoms with Crippen molar-refractivity contribution < 1.29 is 23.8 Å². The van der Waals surface area contributed by atoms with Crippen LogP contribution in [-0.4, -0.2) is 77.6 Å². The zero-order valence-electron chi connectivity index (χ0n) is 18.1. The van der Waals surface area contributed by atoms with Crippen LogP contribution >= 0.6 is 0 Å². The van der Waals surface area contributed by atoms with Crippen LogP contribution in [0, 0.1) is 0 Å². The second-order valence-corrected chi connectivity index (χ2v) is 6.72. The van der Waals surface area contributed by atoms with Crippen molar-refractivity contribution in [1.82, 2.24) is 10.6 Å². The molecule has 2 amide bonds. The van der Waals surface area contributed by atoms with E-state index in [0.717, 1.165) is 5.69 Å². The van der Waals surface area contributed by atoms with Crippen molar-refractivity contribution in [3.8, 4) is 0 Å². The van der Waals surface area contributed by atoms with Gasteiger partial charge in [0.1, 0.15) is 0 Å². The molecule has 0 saturated carbocycles. The van der Waals surface area contributed by atoms with Gasteiger partial charge in [-0.3, -0.25) is 9.59 Å². The average Bonchev–Trinajstić information content (AvgIpc) is 2.76. The van der Waals surface area contributed by atoms with E-state index in [1.165, 1.54) is 0 Å². The summed E-state index contributed by atoms with van der Waals surface area (Å²) >= 11 is 0. The molecule has 0 bridgehead atoms. The molecule has 5 N–H and O–H groups in total. The zero-order valence-corrected chi connectivity index (χ0v) is 18.1. The molecule has 0 aliphatic rings. The van der Waals surface area contributed by atoms with Crippen LogP contribution in [0.25, 0.3) is 0 Å². The van der Waals surface area contributed by atoms with E-state index in [9.17, 15) is 9.59 Å². The number of nitrogens with one attached hydrogen (secondary N) is 3. The van der Waals surface area contributed by atoms with E-state index >= 15 is 0 Å². The Balaban J connectivity index is 2.02. The molecule has 1 aromatic carbocycles. The highest BCUT2D eigenvalue weighted by Gasteiger charge is 2.11. The van der Waals surface area contributed by atoms with Crippen LogP contribution in [0.2, 0.25) is 0 Å². The lowest BCUT2D eigenvalue weighted by molar-refractivity contribution is -0.121. The van der Waals surface area contributed by atoms with E-state index in [0.29, 0.717) is 71.1 Å². The van der Waals surface area contributed by atoms with E-state index in [1.54, 1.807) is 12.1 Å². The van der Waals surface area contributed by atoms with Crippen molar-refractivity contribution in [3.05, 3.63) is 29.8 Å². The SMILES string of the molecule is CNc1ccc(C(=O)N[C@H](C)CCC(=O)NCCOCCOCCOCCN)cc1. The summed E-state index contributed by atoms with van der Waals surface area (Å²) in [7, 11) is 1.83. The summed E-state index contributed by atoms with van der Waals surface area (Å²) < 4.78 is 15.9. The first-order valence-corrected chi connectivity index (χ1v) is 10.4. The highest BCUT2D eigenvalue weighted by atomic mass is 16.5. The van der Waals surface area contributed by atoms with Gasteiger partial charge in [-0.1, -0.05) is 0 Å². The molecule has 9 nitrogen and oxygen atoms in total. The molecule has 0 aliphatic carbocycles. The van der Waals surface area contributed by atoms with E-state index < -0.39 is 0 Å². The monoisotopic (exact) mass is 424 g/mol. The van der Waals surface area contributed by atoms with Gasteiger partial charge in [-0.05, 0) is 37.6 Å². The Kier molecular flexibility index (Phi) is 14.3. The largest absolute Gasteiger partial charge is 0.388 e. The molecule has 0 saturated heterocycles. The third kappa shape index (κ3) is 12.4. The van der Waals surface area contributed by atoms with Gasteiger partial charge in [0.25, 0.3) is 5.91 Å². The van der Waals surface area contributed by atoms with Crippen molar-refractivity contribution >= 4 is 17.5 Å². The number of hydrogen-bond acceptors (Lipinski definition) is 7. The van der Waals surface area contributed by atoms with Gasteiger partial charge in [-0.15, -0.1) is 0 Å². The van der Waals surface area contributed by atoms with Crippen LogP contribution < -0.4 is 21.7 Å². The molecule has 0 heterocycles. The number of ether oxygens (including phenoxy) is 3. The lowest BCUT2D eigenvalue weighted by Crippen LogP contribution is -2.34. The van der Waals surface area contributed by atoms with Crippen molar-refractivity contribution in [3.63, 3.8) is 0 Å². The van der Waals surface area contributed by atoms with Crippen LogP contribution in [0.4, 0.5) is 5.69 Å². The Morgan fingerprint density at radius 3 is 2.17 bits per heavy atom. The van der Waals surface area contributed by atoms with E-state index in [1.807, 2.05) is 26.1 Å². The number of benzene rings is 1. The molecular weight excluding hydrogens is 388 g/mol. The summed E-state index contributed by atoms with van der Waals surface area (Å²) in [5, 5.41) is 8.72. The zero-order chi connectivity index (χ0) is 22.0. The number of nitrogens with two attached hydrogens (primary N) is 1. The average molecular weight is 425 g/mol. The maximum Gasteiger partial charge on any atom is 0.251 e. The fourth-order valence-corrected chi connectivity index (χ4v) is 2.49. The minimum atomic E-state index is -0.146. The summed E-state index contributed by atoms with van der Waals surface area (Å²) in [5.41, 5.74) is 6.84. The maximum atomic E-state index is 12.2. The number of amides is 2. The molecule has 1 aromatic rings. The number of anilines is 1. The minimum Gasteiger partial charge on any atom is -0.388 e. The molecule has 0 aromatic heterocycles. The first kappa shape index (κ1) is 25.8. The highest BCUT2D eigenvalue weighted by molar-refractivity contribution is 5.94. The van der Waals surface area contributed by atoms with Gasteiger partial charge in [0.05, 0.1) is 39.6 Å². The molecule has 0 spiro atoms. The topological polar surface area (TPSA) is 124 Å². The van der Waals surface area contributed by atoms with Gasteiger partial charge in [-0.25, -0.2) is 0 Å². The molecule has 0 unspecified atom stereocenters. The third-order valence-corrected chi connectivity index (χ3v) is 4.19. The fraction of sp³-hybridized carbons (Fsp3) is 0.619. The normalized spacial score (nSPS) is 11.7. The van der Waals surface area contributed by atoms with Gasteiger partial charge >= 0.3 is 0 Å². The van der Waals surface area contributed by atoms with Gasteiger partial charge in [0.2, 0.25) is 5.91 Å². The van der Waals surface area contributed by atoms with E-state index in [4.69, 9.17) is 19.9 Å². The van der Waals surface area contributed by atoms with Gasteiger partial charge in [0.15, 0.2) is 0 Å². The van der Waals surface area contributed by atoms with Gasteiger partial charge in [0, 0.05) is 43.9 Å². The van der Waals surface area contributed by atoms with Crippen LogP contribution in [0.1, 0.15) is 30.1 Å². The standard InChI is InChI=1S/C21H36N4O5/c1-17(25-21(27)18-4-6-19(23-2)7-5-18)3-8-20(26)24-10-12-29-14-16-30-15-13-28-11-9-22/h4-7,17,23H,3,8-16,22H2,1-2H3,(H,24,26)(H,25,27)/t17-/m1/s1. The Bertz CT molecular complexity index is 598. The summed E-state index contributed by atoms with van der Waals surface area (Å²) in [4.78, 5) is 24.1. The maximum absolute atomic E-state index is 12.2. The summed E-state index contributed by atoms with van der Waals surface area (Å²) in [6.07, 6.45) is 0.902. The predicted octanol–water partition coefficient (Wildman–Crippen LogP) is 0.752. The molecular formula is C21H36N4O5. The quantitative estimate of drug-likeness (QED) is 0.272. The minimum absolute atomic E-state index is 0.0635. The predicted molar refractivity (Wildman–Crippen MR) is 117 cm³/mol. The van der Waals surface area contributed by atoms with Gasteiger partial charge in [-0.2, -0.15) is 0 Å². The fourth-order valence-electron chi connectivity index (χ4n) is 2.49. The van der Waals surface area contributed by atoms with Crippen molar-refractivity contribution in [1.29, 1.82) is 0 Å². The van der Waals surface area contributed by atoms with E-state index in [-0.39, 0.29) is 17.9 Å². The summed E-state index contributed by atoms with van der Waals surface area (Å²) in [6, 6.07) is 7.12. The van der Waals surface area contributed by atoms with Crippen LogP contribution in [0.15, 0.2) is 24.3 Å². The lowest BCUT2D eigenvalue weighted by atomic mass is 10.1. The smallest absolute Gasteiger partial charge is 0.251 e. The molecule has 1 atom stereocenters. The van der Waals surface area contributed by atoms with Crippen LogP contribution in [0.5, 0.6) is 0 Å². The second-order valence-electron chi connectivity index (χ2n) is 6.72. The molecule has 0 radical (unpaired) electrons. The molecule has 30 heavy (non-hydrogen) atoms. The van der Waals surface area contributed by atoms with Crippen LogP contribution in [0.3, 0.4) is 0 Å². The third-order valence-electron chi connectivity index (χ3n) is 4.19. The summed E-state index contributed by atoms with van der Waals surface area (Å²) in [5.74, 6) is -0.210. The van der Waals surface area contributed by atoms with Gasteiger partial charge < -0.3 is 35.9 Å². The Morgan fingerprint density at radius 1 is 0.967 bits per heavy atom. The number of carbonyl (C=O) groups is 2. The van der Waals surface area contributed by atoms with Crippen molar-refractivity contribution in [2.75, 3.05) is 65.1 Å². The Labute approximate surface area is 179 Å². The molecule has 170 valence electrons. The Morgan fingerprint density at radius 2 is 1.57 bits per heavy atom. The molecule has 0 aliphatic heterocycles. The van der Waals surface area contributed by atoms with E-state index in [2.05, 4.69) is 16.0 Å². The first-order valence-electron chi connectivity index (χ1n) is 10.4. The van der Waals surface area contributed by atoms with Crippen molar-refractivity contribution in [2.24, 2.45) is 5.73 Å². The number of rotatable bonds is 17. The van der Waals surface area contributed by atoms with Crippen LogP contribution in [-0.2, 0) is 19.0 Å².